The maximum atomic E-state index is 11.8. The van der Waals surface area contributed by atoms with Crippen molar-refractivity contribution in [1.29, 1.82) is 0 Å². The number of nitrogens with zero attached hydrogens (tertiary/aromatic N) is 1. The summed E-state index contributed by atoms with van der Waals surface area (Å²) in [7, 11) is 3.33. The maximum Gasteiger partial charge on any atom is 0.227 e. The fourth-order valence-electron chi connectivity index (χ4n) is 1.88. The van der Waals surface area contributed by atoms with Gasteiger partial charge in [0.2, 0.25) is 5.91 Å². The van der Waals surface area contributed by atoms with E-state index < -0.39 is 5.41 Å². The average Bonchev–Trinajstić information content (AvgIpc) is 2.88. The normalized spacial score (nSPS) is 13.7. The molecule has 1 rings (SSSR count). The second-order valence-corrected chi connectivity index (χ2v) is 5.70. The van der Waals surface area contributed by atoms with Gasteiger partial charge in [-0.3, -0.25) is 9.79 Å². The third kappa shape index (κ3) is 4.81. The number of carbonyl (C=O) groups excluding carboxylic acids is 1. The summed E-state index contributed by atoms with van der Waals surface area (Å²) < 4.78 is 5.58. The quantitative estimate of drug-likeness (QED) is 0.569. The predicted octanol–water partition coefficient (Wildman–Crippen LogP) is 1.59. The highest BCUT2D eigenvalue weighted by atomic mass is 16.3. The van der Waals surface area contributed by atoms with Gasteiger partial charge in [0.1, 0.15) is 11.5 Å². The Morgan fingerprint density at radius 1 is 1.43 bits per heavy atom. The molecule has 0 radical (unpaired) electrons. The molecule has 6 heteroatoms. The number of furan rings is 1. The molecule has 1 amide bonds. The van der Waals surface area contributed by atoms with Gasteiger partial charge in [-0.05, 0) is 39.8 Å². The molecular weight excluding hydrogens is 268 g/mol. The van der Waals surface area contributed by atoms with Crippen LogP contribution in [-0.2, 0) is 4.79 Å². The van der Waals surface area contributed by atoms with Crippen LogP contribution >= 0.6 is 0 Å². The Kier molecular flexibility index (Phi) is 5.81. The molecule has 118 valence electrons. The van der Waals surface area contributed by atoms with Crippen molar-refractivity contribution in [2.75, 3.05) is 20.6 Å². The van der Waals surface area contributed by atoms with E-state index in [1.165, 1.54) is 0 Å². The van der Waals surface area contributed by atoms with Crippen LogP contribution in [0.5, 0.6) is 0 Å². The number of hydrogen-bond donors (Lipinski definition) is 3. The zero-order valence-corrected chi connectivity index (χ0v) is 13.7. The van der Waals surface area contributed by atoms with Gasteiger partial charge in [0.25, 0.3) is 0 Å². The van der Waals surface area contributed by atoms with E-state index in [4.69, 9.17) is 4.42 Å². The molecule has 1 atom stereocenters. The van der Waals surface area contributed by atoms with Gasteiger partial charge in [0.05, 0.1) is 11.5 Å². The summed E-state index contributed by atoms with van der Waals surface area (Å²) in [6, 6.07) is 3.86. The van der Waals surface area contributed by atoms with E-state index in [-0.39, 0.29) is 11.9 Å². The molecule has 0 spiro atoms. The van der Waals surface area contributed by atoms with E-state index in [1.807, 2.05) is 39.8 Å². The van der Waals surface area contributed by atoms with Gasteiger partial charge in [0, 0.05) is 20.6 Å². The summed E-state index contributed by atoms with van der Waals surface area (Å²) in [5.74, 6) is 2.34. The largest absolute Gasteiger partial charge is 0.464 e. The summed E-state index contributed by atoms with van der Waals surface area (Å²) in [5.41, 5.74) is -0.517. The second kappa shape index (κ2) is 7.15. The molecule has 0 aliphatic carbocycles. The fraction of sp³-hybridized carbons (Fsp3) is 0.600. The summed E-state index contributed by atoms with van der Waals surface area (Å²) in [6.07, 6.45) is 0. The number of aryl methyl sites for hydroxylation is 1. The zero-order valence-electron chi connectivity index (χ0n) is 13.7. The van der Waals surface area contributed by atoms with Gasteiger partial charge < -0.3 is 20.4 Å². The first kappa shape index (κ1) is 17.1. The lowest BCUT2D eigenvalue weighted by atomic mass is 9.92. The van der Waals surface area contributed by atoms with E-state index in [1.54, 1.807) is 14.1 Å². The molecule has 1 unspecified atom stereocenters. The van der Waals surface area contributed by atoms with E-state index >= 15 is 0 Å². The Balaban J connectivity index is 2.59. The van der Waals surface area contributed by atoms with Gasteiger partial charge in [0.15, 0.2) is 5.96 Å². The van der Waals surface area contributed by atoms with Gasteiger partial charge in [-0.1, -0.05) is 0 Å². The van der Waals surface area contributed by atoms with Crippen molar-refractivity contribution in [2.24, 2.45) is 10.4 Å². The topological polar surface area (TPSA) is 78.7 Å². The summed E-state index contributed by atoms with van der Waals surface area (Å²) >= 11 is 0. The minimum atomic E-state index is -0.517. The minimum Gasteiger partial charge on any atom is -0.464 e. The molecule has 21 heavy (non-hydrogen) atoms. The number of nitrogens with one attached hydrogen (secondary N) is 3. The first-order valence-corrected chi connectivity index (χ1v) is 7.06. The molecule has 0 bridgehead atoms. The lowest BCUT2D eigenvalue weighted by molar-refractivity contribution is -0.128. The summed E-state index contributed by atoms with van der Waals surface area (Å²) in [4.78, 5) is 15.9. The maximum absolute atomic E-state index is 11.8. The molecular formula is C15H26N4O2. The van der Waals surface area contributed by atoms with Gasteiger partial charge >= 0.3 is 0 Å². The summed E-state index contributed by atoms with van der Waals surface area (Å²) in [6.45, 7) is 8.15. The van der Waals surface area contributed by atoms with Crippen LogP contribution < -0.4 is 16.0 Å². The Morgan fingerprint density at radius 2 is 2.10 bits per heavy atom. The Labute approximate surface area is 126 Å². The Morgan fingerprint density at radius 3 is 2.57 bits per heavy atom. The number of amides is 1. The molecule has 1 heterocycles. The van der Waals surface area contributed by atoms with Crippen LogP contribution in [-0.4, -0.2) is 32.5 Å². The highest BCUT2D eigenvalue weighted by molar-refractivity contribution is 5.84. The van der Waals surface area contributed by atoms with E-state index in [9.17, 15) is 4.79 Å². The van der Waals surface area contributed by atoms with Crippen LogP contribution in [0.2, 0.25) is 0 Å². The standard InChI is InChI=1S/C15H26N4O2/c1-10-7-8-12(21-10)11(2)19-14(17-6)18-9-15(3,4)13(20)16-5/h7-8,11H,9H2,1-6H3,(H,16,20)(H2,17,18,19). The average molecular weight is 294 g/mol. The van der Waals surface area contributed by atoms with Crippen molar-refractivity contribution in [3.8, 4) is 0 Å². The van der Waals surface area contributed by atoms with Crippen LogP contribution in [0.15, 0.2) is 21.5 Å². The lowest BCUT2D eigenvalue weighted by Crippen LogP contribution is -2.47. The fourth-order valence-corrected chi connectivity index (χ4v) is 1.88. The Hall–Kier alpha value is -1.98. The van der Waals surface area contributed by atoms with E-state index in [0.29, 0.717) is 12.5 Å². The zero-order chi connectivity index (χ0) is 16.0. The van der Waals surface area contributed by atoms with Crippen LogP contribution in [0.25, 0.3) is 0 Å². The van der Waals surface area contributed by atoms with E-state index in [2.05, 4.69) is 20.9 Å². The SMILES string of the molecule is CN=C(NCC(C)(C)C(=O)NC)NC(C)c1ccc(C)o1. The van der Waals surface area contributed by atoms with Crippen LogP contribution in [0.3, 0.4) is 0 Å². The highest BCUT2D eigenvalue weighted by Gasteiger charge is 2.26. The second-order valence-electron chi connectivity index (χ2n) is 5.70. The van der Waals surface area contributed by atoms with Gasteiger partial charge in [-0.15, -0.1) is 0 Å². The lowest BCUT2D eigenvalue weighted by Gasteiger charge is -2.25. The molecule has 3 N–H and O–H groups in total. The molecule has 0 aromatic carbocycles. The monoisotopic (exact) mass is 294 g/mol. The van der Waals surface area contributed by atoms with Crippen molar-refractivity contribution >= 4 is 11.9 Å². The molecule has 1 aromatic heterocycles. The van der Waals surface area contributed by atoms with Crippen LogP contribution in [0, 0.1) is 12.3 Å². The van der Waals surface area contributed by atoms with Gasteiger partial charge in [-0.25, -0.2) is 0 Å². The molecule has 0 saturated carbocycles. The first-order valence-electron chi connectivity index (χ1n) is 7.06. The highest BCUT2D eigenvalue weighted by Crippen LogP contribution is 2.16. The number of carbonyl (C=O) groups is 1. The third-order valence-electron chi connectivity index (χ3n) is 3.30. The number of aliphatic imine (C=N–C) groups is 1. The van der Waals surface area contributed by atoms with Crippen LogP contribution in [0.1, 0.15) is 38.3 Å². The molecule has 0 fully saturated rings. The third-order valence-corrected chi connectivity index (χ3v) is 3.30. The molecule has 1 aromatic rings. The van der Waals surface area contributed by atoms with E-state index in [0.717, 1.165) is 11.5 Å². The number of rotatable bonds is 5. The van der Waals surface area contributed by atoms with Crippen molar-refractivity contribution < 1.29 is 9.21 Å². The van der Waals surface area contributed by atoms with Crippen molar-refractivity contribution in [2.45, 2.75) is 33.7 Å². The number of hydrogen-bond acceptors (Lipinski definition) is 3. The minimum absolute atomic E-state index is 0.00647. The van der Waals surface area contributed by atoms with Gasteiger partial charge in [-0.2, -0.15) is 0 Å². The smallest absolute Gasteiger partial charge is 0.227 e. The molecule has 6 nitrogen and oxygen atoms in total. The summed E-state index contributed by atoms with van der Waals surface area (Å²) in [5, 5.41) is 9.07. The van der Waals surface area contributed by atoms with Crippen molar-refractivity contribution in [3.05, 3.63) is 23.7 Å². The van der Waals surface area contributed by atoms with Crippen LogP contribution in [0.4, 0.5) is 0 Å². The molecule has 0 saturated heterocycles. The molecule has 0 aliphatic rings. The number of guanidine groups is 1. The van der Waals surface area contributed by atoms with Crippen molar-refractivity contribution in [1.82, 2.24) is 16.0 Å². The first-order chi connectivity index (χ1) is 9.80. The Bertz CT molecular complexity index is 506. The van der Waals surface area contributed by atoms with Crippen molar-refractivity contribution in [3.63, 3.8) is 0 Å². The predicted molar refractivity (Wildman–Crippen MR) is 84.2 cm³/mol. The molecule has 0 aliphatic heterocycles.